The highest BCUT2D eigenvalue weighted by molar-refractivity contribution is 5.74. The third kappa shape index (κ3) is 3.61. The molecule has 1 heterocycles. The average molecular weight is 464 g/mol. The molecule has 4 aliphatic carbocycles. The van der Waals surface area contributed by atoms with Crippen LogP contribution >= 0.6 is 0 Å². The summed E-state index contributed by atoms with van der Waals surface area (Å²) in [6, 6.07) is 0. The summed E-state index contributed by atoms with van der Waals surface area (Å²) in [4.78, 5) is 12.6. The van der Waals surface area contributed by atoms with E-state index in [1.807, 2.05) is 6.92 Å². The van der Waals surface area contributed by atoms with E-state index in [2.05, 4.69) is 13.8 Å². The van der Waals surface area contributed by atoms with Crippen LogP contribution in [0.1, 0.15) is 91.4 Å². The van der Waals surface area contributed by atoms with E-state index >= 15 is 0 Å². The molecular formula is C27H45NO5. The number of aliphatic hydroxyl groups excluding tert-OH is 1. The zero-order valence-corrected chi connectivity index (χ0v) is 21.1. The maximum Gasteiger partial charge on any atom is 0.309 e. The van der Waals surface area contributed by atoms with Gasteiger partial charge in [0, 0.05) is 12.0 Å². The van der Waals surface area contributed by atoms with Crippen LogP contribution in [0.5, 0.6) is 0 Å². The van der Waals surface area contributed by atoms with Crippen LogP contribution in [0.4, 0.5) is 0 Å². The van der Waals surface area contributed by atoms with Gasteiger partial charge in [-0.2, -0.15) is 0 Å². The van der Waals surface area contributed by atoms with Crippen LogP contribution in [0.2, 0.25) is 0 Å². The van der Waals surface area contributed by atoms with Crippen molar-refractivity contribution >= 4 is 5.97 Å². The number of hydrogen-bond donors (Lipinski definition) is 2. The Morgan fingerprint density at radius 2 is 1.79 bits per heavy atom. The van der Waals surface area contributed by atoms with Gasteiger partial charge in [-0.15, -0.1) is 0 Å². The molecule has 0 aromatic rings. The van der Waals surface area contributed by atoms with Crippen molar-refractivity contribution in [2.24, 2.45) is 40.2 Å². The summed E-state index contributed by atoms with van der Waals surface area (Å²) in [5.41, 5.74) is 7.22. The third-order valence-corrected chi connectivity index (χ3v) is 11.4. The van der Waals surface area contributed by atoms with E-state index in [-0.39, 0.29) is 47.4 Å². The summed E-state index contributed by atoms with van der Waals surface area (Å²) >= 11 is 0. The van der Waals surface area contributed by atoms with Gasteiger partial charge in [0.25, 0.3) is 0 Å². The fourth-order valence-corrected chi connectivity index (χ4v) is 9.19. The Hall–Kier alpha value is -0.690. The quantitative estimate of drug-likeness (QED) is 0.482. The van der Waals surface area contributed by atoms with Gasteiger partial charge in [-0.1, -0.05) is 13.8 Å². The van der Waals surface area contributed by atoms with Crippen LogP contribution < -0.4 is 5.73 Å². The molecule has 0 unspecified atom stereocenters. The van der Waals surface area contributed by atoms with E-state index in [1.54, 1.807) is 0 Å². The zero-order chi connectivity index (χ0) is 23.6. The van der Waals surface area contributed by atoms with Crippen LogP contribution in [0.25, 0.3) is 0 Å². The lowest BCUT2D eigenvalue weighted by atomic mass is 9.42. The Morgan fingerprint density at radius 1 is 1.00 bits per heavy atom. The molecule has 1 aliphatic heterocycles. The standard InChI is InChI=1S/C27H45NO5/c1-16-22(29)7-8-23(32-16)33-18-9-12-25(2)17(15-18)5-6-20-19(25)10-13-26(3)21(24(30)31-4)11-14-27(20,26)28/h16-23,29H,5-15,28H2,1-4H3/t16-,17+,18-,19+,20+,21-,22+,23+,25-,26+,27-/m0/s1. The molecule has 0 aromatic carbocycles. The van der Waals surface area contributed by atoms with Gasteiger partial charge in [0.15, 0.2) is 6.29 Å². The van der Waals surface area contributed by atoms with Crippen LogP contribution in [-0.2, 0) is 19.0 Å². The summed E-state index contributed by atoms with van der Waals surface area (Å²) in [5.74, 6) is 1.67. The second-order valence-electron chi connectivity index (χ2n) is 12.6. The van der Waals surface area contributed by atoms with Crippen LogP contribution in [0, 0.1) is 34.5 Å². The summed E-state index contributed by atoms with van der Waals surface area (Å²) in [6.07, 6.45) is 10.9. The smallest absolute Gasteiger partial charge is 0.309 e. The second-order valence-corrected chi connectivity index (χ2v) is 12.6. The van der Waals surface area contributed by atoms with E-state index in [0.717, 1.165) is 44.9 Å². The van der Waals surface area contributed by atoms with Crippen molar-refractivity contribution in [1.82, 2.24) is 0 Å². The number of carbonyl (C=O) groups is 1. The van der Waals surface area contributed by atoms with E-state index in [9.17, 15) is 9.90 Å². The van der Waals surface area contributed by atoms with E-state index < -0.39 is 0 Å². The normalized spacial score (nSPS) is 54.1. The molecule has 0 spiro atoms. The zero-order valence-electron chi connectivity index (χ0n) is 21.1. The van der Waals surface area contributed by atoms with Gasteiger partial charge < -0.3 is 25.1 Å². The molecule has 0 aromatic heterocycles. The summed E-state index contributed by atoms with van der Waals surface area (Å²) in [5, 5.41) is 9.95. The van der Waals surface area contributed by atoms with Crippen molar-refractivity contribution in [1.29, 1.82) is 0 Å². The largest absolute Gasteiger partial charge is 0.469 e. The van der Waals surface area contributed by atoms with Gasteiger partial charge in [-0.3, -0.25) is 4.79 Å². The minimum atomic E-state index is -0.371. The average Bonchev–Trinajstić information content (AvgIpc) is 3.07. The third-order valence-electron chi connectivity index (χ3n) is 11.4. The Balaban J connectivity index is 1.28. The number of aliphatic hydroxyl groups is 1. The monoisotopic (exact) mass is 463 g/mol. The Morgan fingerprint density at radius 3 is 2.52 bits per heavy atom. The predicted octanol–water partition coefficient (Wildman–Crippen LogP) is 4.17. The first kappa shape index (κ1) is 24.0. The number of fused-ring (bicyclic) bond motifs is 5. The molecule has 0 radical (unpaired) electrons. The Kier molecular flexibility index (Phi) is 6.16. The molecule has 5 aliphatic rings. The minimum absolute atomic E-state index is 0.0560. The van der Waals surface area contributed by atoms with Crippen molar-refractivity contribution in [3.8, 4) is 0 Å². The van der Waals surface area contributed by atoms with Crippen molar-refractivity contribution < 1.29 is 24.1 Å². The molecule has 0 amide bonds. The molecule has 4 saturated carbocycles. The number of carbonyl (C=O) groups excluding carboxylic acids is 1. The molecule has 6 heteroatoms. The molecule has 3 N–H and O–H groups in total. The first-order valence-electron chi connectivity index (χ1n) is 13.5. The number of nitrogens with two attached hydrogens (primary N) is 1. The highest BCUT2D eigenvalue weighted by atomic mass is 16.7. The van der Waals surface area contributed by atoms with Crippen molar-refractivity contribution in [2.45, 2.75) is 122 Å². The lowest BCUT2D eigenvalue weighted by Gasteiger charge is -2.64. The van der Waals surface area contributed by atoms with E-state index in [4.69, 9.17) is 19.9 Å². The van der Waals surface area contributed by atoms with Gasteiger partial charge in [0.1, 0.15) is 0 Å². The number of ether oxygens (including phenoxy) is 3. The Labute approximate surface area is 199 Å². The summed E-state index contributed by atoms with van der Waals surface area (Å²) in [7, 11) is 1.52. The topological polar surface area (TPSA) is 91.0 Å². The fourth-order valence-electron chi connectivity index (χ4n) is 9.19. The van der Waals surface area contributed by atoms with E-state index in [1.165, 1.54) is 32.8 Å². The Bertz CT molecular complexity index is 761. The molecular weight excluding hydrogens is 418 g/mol. The summed E-state index contributed by atoms with van der Waals surface area (Å²) in [6.45, 7) is 6.74. The lowest BCUT2D eigenvalue weighted by Crippen LogP contribution is -2.66. The molecule has 33 heavy (non-hydrogen) atoms. The number of methoxy groups -OCH3 is 1. The van der Waals surface area contributed by atoms with Crippen LogP contribution in [0.15, 0.2) is 0 Å². The predicted molar refractivity (Wildman–Crippen MR) is 125 cm³/mol. The molecule has 11 atom stereocenters. The first-order valence-corrected chi connectivity index (χ1v) is 13.5. The number of hydrogen-bond acceptors (Lipinski definition) is 6. The van der Waals surface area contributed by atoms with Crippen molar-refractivity contribution in [2.75, 3.05) is 7.11 Å². The molecule has 1 saturated heterocycles. The van der Waals surface area contributed by atoms with Gasteiger partial charge in [-0.25, -0.2) is 0 Å². The van der Waals surface area contributed by atoms with Gasteiger partial charge >= 0.3 is 5.97 Å². The second kappa shape index (κ2) is 8.46. The highest BCUT2D eigenvalue weighted by Gasteiger charge is 2.67. The fraction of sp³-hybridized carbons (Fsp3) is 0.963. The molecule has 0 bridgehead atoms. The van der Waals surface area contributed by atoms with Crippen LogP contribution in [-0.4, -0.2) is 48.3 Å². The lowest BCUT2D eigenvalue weighted by molar-refractivity contribution is -0.247. The molecule has 5 fully saturated rings. The first-order chi connectivity index (χ1) is 15.6. The SMILES string of the molecule is COC(=O)[C@@H]1CC[C@]2(N)[C@@H]3CC[C@@H]4C[C@@H](O[C@@H]5CC[C@@H](O)[C@H](C)O5)CC[C@]4(C)[C@@H]3CC[C@]12C. The molecule has 5 rings (SSSR count). The van der Waals surface area contributed by atoms with Gasteiger partial charge in [0.2, 0.25) is 0 Å². The van der Waals surface area contributed by atoms with Gasteiger partial charge in [-0.05, 0) is 99.7 Å². The number of esters is 1. The van der Waals surface area contributed by atoms with Crippen molar-refractivity contribution in [3.05, 3.63) is 0 Å². The number of rotatable bonds is 3. The van der Waals surface area contributed by atoms with Crippen molar-refractivity contribution in [3.63, 3.8) is 0 Å². The maximum atomic E-state index is 12.6. The van der Waals surface area contributed by atoms with E-state index in [0.29, 0.717) is 23.2 Å². The van der Waals surface area contributed by atoms with Gasteiger partial charge in [0.05, 0.1) is 31.3 Å². The molecule has 188 valence electrons. The maximum absolute atomic E-state index is 12.6. The van der Waals surface area contributed by atoms with Crippen LogP contribution in [0.3, 0.4) is 0 Å². The highest BCUT2D eigenvalue weighted by Crippen LogP contribution is 2.68. The summed E-state index contributed by atoms with van der Waals surface area (Å²) < 4.78 is 17.6. The molecule has 6 nitrogen and oxygen atoms in total. The minimum Gasteiger partial charge on any atom is -0.469 e.